The molecule has 0 saturated carbocycles. The van der Waals surface area contributed by atoms with E-state index in [0.29, 0.717) is 11.4 Å². The van der Waals surface area contributed by atoms with Gasteiger partial charge in [-0.2, -0.15) is 0 Å². The first-order valence-corrected chi connectivity index (χ1v) is 10.8. The number of imidazole rings is 1. The molecule has 2 aliphatic rings. The average molecular weight is 450 g/mol. The summed E-state index contributed by atoms with van der Waals surface area (Å²) in [5, 5.41) is 4.30. The van der Waals surface area contributed by atoms with E-state index in [1.165, 1.54) is 12.1 Å². The number of amidine groups is 1. The predicted molar refractivity (Wildman–Crippen MR) is 121 cm³/mol. The van der Waals surface area contributed by atoms with Gasteiger partial charge in [0.25, 0.3) is 0 Å². The predicted octanol–water partition coefficient (Wildman–Crippen LogP) is 5.03. The van der Waals surface area contributed by atoms with Crippen molar-refractivity contribution in [1.82, 2.24) is 14.5 Å². The van der Waals surface area contributed by atoms with Gasteiger partial charge in [-0.1, -0.05) is 11.2 Å². The molecular weight excluding hydrogens is 426 g/mol. The fourth-order valence-electron chi connectivity index (χ4n) is 4.45. The van der Waals surface area contributed by atoms with Crippen molar-refractivity contribution in [2.24, 2.45) is 5.16 Å². The van der Waals surface area contributed by atoms with E-state index in [1.54, 1.807) is 13.4 Å². The number of hydrogen-bond donors (Lipinski definition) is 0. The third-order valence-corrected chi connectivity index (χ3v) is 5.97. The number of piperidine rings is 1. The quantitative estimate of drug-likeness (QED) is 0.559. The van der Waals surface area contributed by atoms with Crippen LogP contribution in [0.15, 0.2) is 59.7 Å². The molecule has 8 heteroatoms. The van der Waals surface area contributed by atoms with Gasteiger partial charge < -0.3 is 19.0 Å². The first-order chi connectivity index (χ1) is 16.0. The molecule has 1 aromatic heterocycles. The van der Waals surface area contributed by atoms with E-state index in [4.69, 9.17) is 9.57 Å². The van der Waals surface area contributed by atoms with Crippen LogP contribution in [-0.4, -0.2) is 40.5 Å². The molecule has 2 aliphatic heterocycles. The van der Waals surface area contributed by atoms with Gasteiger partial charge in [0.2, 0.25) is 0 Å². The van der Waals surface area contributed by atoms with Crippen LogP contribution in [-0.2, 0) is 4.84 Å². The molecule has 0 radical (unpaired) electrons. The van der Waals surface area contributed by atoms with Crippen LogP contribution >= 0.6 is 0 Å². The van der Waals surface area contributed by atoms with Crippen LogP contribution in [0.25, 0.3) is 11.8 Å². The van der Waals surface area contributed by atoms with Crippen LogP contribution < -0.4 is 4.74 Å². The number of ether oxygens (including phenoxy) is 1. The zero-order valence-corrected chi connectivity index (χ0v) is 18.5. The minimum atomic E-state index is -0.595. The summed E-state index contributed by atoms with van der Waals surface area (Å²) < 4.78 is 35.2. The van der Waals surface area contributed by atoms with Gasteiger partial charge in [-0.05, 0) is 66.8 Å². The summed E-state index contributed by atoms with van der Waals surface area (Å²) >= 11 is 0. The lowest BCUT2D eigenvalue weighted by Gasteiger charge is -2.40. The van der Waals surface area contributed by atoms with Gasteiger partial charge >= 0.3 is 0 Å². The maximum Gasteiger partial charge on any atom is 0.172 e. The Kier molecular flexibility index (Phi) is 5.58. The number of oxime groups is 1. The Bertz CT molecular complexity index is 1230. The standard InChI is InChI=1S/C25H24F2N4O2/c1-16-13-30(15-28-16)22-6-5-17(9-24(22)32-2)8-18-4-3-7-31-23(14-33-29-25(18)31)19-10-20(26)12-21(27)11-19/h5-6,8-13,15,23H,3-4,7,14H2,1-2H3/t23-/m1/s1. The first-order valence-electron chi connectivity index (χ1n) is 10.8. The summed E-state index contributed by atoms with van der Waals surface area (Å²) in [5.41, 5.74) is 4.34. The largest absolute Gasteiger partial charge is 0.495 e. The molecular formula is C25H24F2N4O2. The van der Waals surface area contributed by atoms with Crippen LogP contribution in [0.4, 0.5) is 8.78 Å². The Morgan fingerprint density at radius 1 is 1.15 bits per heavy atom. The monoisotopic (exact) mass is 450 g/mol. The lowest BCUT2D eigenvalue weighted by Crippen LogP contribution is -2.44. The number of halogens is 2. The zero-order chi connectivity index (χ0) is 22.9. The minimum absolute atomic E-state index is 0.243. The number of fused-ring (bicyclic) bond motifs is 1. The molecule has 33 heavy (non-hydrogen) atoms. The van der Waals surface area contributed by atoms with Crippen molar-refractivity contribution >= 4 is 11.9 Å². The van der Waals surface area contributed by atoms with E-state index in [-0.39, 0.29) is 12.6 Å². The molecule has 0 N–H and O–H groups in total. The third-order valence-electron chi connectivity index (χ3n) is 5.97. The smallest absolute Gasteiger partial charge is 0.172 e. The number of nitrogens with zero attached hydrogens (tertiary/aromatic N) is 4. The minimum Gasteiger partial charge on any atom is -0.495 e. The molecule has 0 spiro atoms. The van der Waals surface area contributed by atoms with E-state index in [0.717, 1.165) is 53.7 Å². The SMILES string of the molecule is COc1cc(C=C2CCCN3C2=NOC[C@@H]3c2cc(F)cc(F)c2)ccc1-n1cnc(C)c1. The number of aromatic nitrogens is 2. The Labute approximate surface area is 190 Å². The second-order valence-electron chi connectivity index (χ2n) is 8.25. The lowest BCUT2D eigenvalue weighted by atomic mass is 9.96. The summed E-state index contributed by atoms with van der Waals surface area (Å²) in [6, 6.07) is 9.28. The topological polar surface area (TPSA) is 51.9 Å². The molecule has 1 atom stereocenters. The first kappa shape index (κ1) is 21.2. The number of hydrogen-bond acceptors (Lipinski definition) is 5. The van der Waals surface area contributed by atoms with Crippen LogP contribution in [0, 0.1) is 18.6 Å². The van der Waals surface area contributed by atoms with Crippen LogP contribution in [0.3, 0.4) is 0 Å². The van der Waals surface area contributed by atoms with Crippen molar-refractivity contribution in [2.45, 2.75) is 25.8 Å². The van der Waals surface area contributed by atoms with Gasteiger partial charge in [-0.15, -0.1) is 0 Å². The molecule has 0 unspecified atom stereocenters. The van der Waals surface area contributed by atoms with E-state index < -0.39 is 11.6 Å². The van der Waals surface area contributed by atoms with Gasteiger partial charge in [-0.25, -0.2) is 13.8 Å². The normalized spacial score (nSPS) is 19.2. The number of aryl methyl sites for hydroxylation is 1. The van der Waals surface area contributed by atoms with E-state index in [9.17, 15) is 8.78 Å². The Morgan fingerprint density at radius 3 is 2.70 bits per heavy atom. The summed E-state index contributed by atoms with van der Waals surface area (Å²) in [4.78, 5) is 11.9. The average Bonchev–Trinajstić information content (AvgIpc) is 3.24. The molecule has 3 aromatic rings. The van der Waals surface area contributed by atoms with E-state index >= 15 is 0 Å². The maximum atomic E-state index is 13.8. The van der Waals surface area contributed by atoms with Crippen LogP contribution in [0.2, 0.25) is 0 Å². The number of methoxy groups -OCH3 is 1. The molecule has 3 heterocycles. The molecule has 2 aromatic carbocycles. The van der Waals surface area contributed by atoms with Crippen molar-refractivity contribution in [2.75, 3.05) is 20.3 Å². The highest BCUT2D eigenvalue weighted by atomic mass is 19.1. The summed E-state index contributed by atoms with van der Waals surface area (Å²) in [5.74, 6) is 0.240. The molecule has 0 bridgehead atoms. The molecule has 0 aliphatic carbocycles. The molecule has 0 amide bonds. The molecule has 1 saturated heterocycles. The van der Waals surface area contributed by atoms with E-state index in [2.05, 4.69) is 21.1 Å². The second-order valence-corrected chi connectivity index (χ2v) is 8.25. The molecule has 6 nitrogen and oxygen atoms in total. The number of rotatable bonds is 4. The third kappa shape index (κ3) is 4.20. The number of benzene rings is 2. The van der Waals surface area contributed by atoms with Gasteiger partial charge in [0.1, 0.15) is 24.0 Å². The van der Waals surface area contributed by atoms with Crippen molar-refractivity contribution in [3.05, 3.63) is 83.0 Å². The lowest BCUT2D eigenvalue weighted by molar-refractivity contribution is 0.0573. The van der Waals surface area contributed by atoms with Gasteiger partial charge in [0.05, 0.1) is 30.9 Å². The Balaban J connectivity index is 1.46. The van der Waals surface area contributed by atoms with Gasteiger partial charge in [0, 0.05) is 18.8 Å². The van der Waals surface area contributed by atoms with Crippen molar-refractivity contribution in [3.63, 3.8) is 0 Å². The molecule has 5 rings (SSSR count). The fraction of sp³-hybridized carbons (Fsp3) is 0.280. The summed E-state index contributed by atoms with van der Waals surface area (Å²) in [7, 11) is 1.64. The maximum absolute atomic E-state index is 13.8. The Morgan fingerprint density at radius 2 is 1.97 bits per heavy atom. The molecule has 1 fully saturated rings. The van der Waals surface area contributed by atoms with Gasteiger partial charge in [0.15, 0.2) is 5.84 Å². The van der Waals surface area contributed by atoms with Crippen LogP contribution in [0.5, 0.6) is 5.75 Å². The highest BCUT2D eigenvalue weighted by Gasteiger charge is 2.33. The van der Waals surface area contributed by atoms with Crippen molar-refractivity contribution in [3.8, 4) is 11.4 Å². The Hall–Kier alpha value is -3.68. The second kappa shape index (κ2) is 8.69. The van der Waals surface area contributed by atoms with Crippen molar-refractivity contribution < 1.29 is 18.4 Å². The highest BCUT2D eigenvalue weighted by Crippen LogP contribution is 2.34. The summed E-state index contributed by atoms with van der Waals surface area (Å²) in [6.45, 7) is 2.92. The van der Waals surface area contributed by atoms with Gasteiger partial charge in [-0.3, -0.25) is 0 Å². The van der Waals surface area contributed by atoms with Crippen LogP contribution in [0.1, 0.15) is 35.7 Å². The molecule has 170 valence electrons. The van der Waals surface area contributed by atoms with Crippen molar-refractivity contribution in [1.29, 1.82) is 0 Å². The zero-order valence-electron chi connectivity index (χ0n) is 18.5. The van der Waals surface area contributed by atoms with E-state index in [1.807, 2.05) is 35.9 Å². The summed E-state index contributed by atoms with van der Waals surface area (Å²) in [6.07, 6.45) is 7.50. The fourth-order valence-corrected chi connectivity index (χ4v) is 4.45. The highest BCUT2D eigenvalue weighted by molar-refractivity contribution is 6.03.